The number of ether oxygens (including phenoxy) is 1. The molecule has 0 bridgehead atoms. The highest BCUT2D eigenvalue weighted by Crippen LogP contribution is 2.37. The number of nitrogens with zero attached hydrogens (tertiary/aromatic N) is 3. The molecule has 0 N–H and O–H groups in total. The highest BCUT2D eigenvalue weighted by molar-refractivity contribution is 6.36. The van der Waals surface area contributed by atoms with Crippen LogP contribution in [0.5, 0.6) is 0 Å². The van der Waals surface area contributed by atoms with Crippen molar-refractivity contribution in [1.82, 2.24) is 14.5 Å². The molecule has 5 nitrogen and oxygen atoms in total. The van der Waals surface area contributed by atoms with E-state index in [1.807, 2.05) is 42.5 Å². The van der Waals surface area contributed by atoms with Gasteiger partial charge in [-0.3, -0.25) is 0 Å². The SMILES string of the molecule is CCC(C)(C)n1c(-c2ccc(Cl)cc2Cl)nc2c1CCN(C(=O)OCc1ccccc1)CC2. The van der Waals surface area contributed by atoms with Gasteiger partial charge in [0.2, 0.25) is 0 Å². The van der Waals surface area contributed by atoms with Crippen LogP contribution in [-0.4, -0.2) is 33.6 Å². The Morgan fingerprint density at radius 1 is 1.09 bits per heavy atom. The zero-order chi connectivity index (χ0) is 23.6. The zero-order valence-electron chi connectivity index (χ0n) is 19.3. The summed E-state index contributed by atoms with van der Waals surface area (Å²) in [5.41, 5.74) is 3.85. The summed E-state index contributed by atoms with van der Waals surface area (Å²) in [5.74, 6) is 0.855. The third-order valence-corrected chi connectivity index (χ3v) is 6.95. The standard InChI is InChI=1S/C26H29Cl2N3O2/c1-4-26(2,3)31-23-13-15-30(25(32)33-17-18-8-6-5-7-9-18)14-12-22(23)29-24(31)20-11-10-19(27)16-21(20)28/h5-11,16H,4,12-15,17H2,1-3H3. The molecule has 1 amide bonds. The zero-order valence-corrected chi connectivity index (χ0v) is 20.8. The Morgan fingerprint density at radius 2 is 1.82 bits per heavy atom. The molecule has 0 spiro atoms. The molecule has 4 rings (SSSR count). The molecule has 3 aromatic rings. The van der Waals surface area contributed by atoms with Crippen molar-refractivity contribution in [3.8, 4) is 11.4 Å². The van der Waals surface area contributed by atoms with Crippen LogP contribution in [-0.2, 0) is 29.7 Å². The molecule has 1 aliphatic heterocycles. The largest absolute Gasteiger partial charge is 0.445 e. The average Bonchev–Trinajstić information content (AvgIpc) is 3.05. The summed E-state index contributed by atoms with van der Waals surface area (Å²) in [7, 11) is 0. The van der Waals surface area contributed by atoms with Crippen LogP contribution >= 0.6 is 23.2 Å². The van der Waals surface area contributed by atoms with Gasteiger partial charge in [0.05, 0.1) is 10.7 Å². The lowest BCUT2D eigenvalue weighted by molar-refractivity contribution is 0.0975. The van der Waals surface area contributed by atoms with Gasteiger partial charge >= 0.3 is 6.09 Å². The molecule has 0 saturated heterocycles. The summed E-state index contributed by atoms with van der Waals surface area (Å²) in [4.78, 5) is 19.6. The third-order valence-electron chi connectivity index (χ3n) is 6.40. The molecular weight excluding hydrogens is 457 g/mol. The van der Waals surface area contributed by atoms with Crippen molar-refractivity contribution in [2.45, 2.75) is 52.2 Å². The molecule has 0 radical (unpaired) electrons. The van der Waals surface area contributed by atoms with Gasteiger partial charge in [-0.25, -0.2) is 9.78 Å². The van der Waals surface area contributed by atoms with E-state index in [1.165, 1.54) is 0 Å². The number of amides is 1. The van der Waals surface area contributed by atoms with E-state index in [4.69, 9.17) is 32.9 Å². The minimum absolute atomic E-state index is 0.165. The first kappa shape index (κ1) is 23.7. The second-order valence-electron chi connectivity index (χ2n) is 8.98. The Morgan fingerprint density at radius 3 is 2.52 bits per heavy atom. The Bertz CT molecular complexity index is 1140. The fraction of sp³-hybridized carbons (Fsp3) is 0.385. The Balaban J connectivity index is 1.59. The molecule has 0 fully saturated rings. The van der Waals surface area contributed by atoms with Gasteiger partial charge in [0.15, 0.2) is 0 Å². The van der Waals surface area contributed by atoms with Crippen molar-refractivity contribution >= 4 is 29.3 Å². The average molecular weight is 486 g/mol. The normalized spacial score (nSPS) is 14.0. The van der Waals surface area contributed by atoms with E-state index in [1.54, 1.807) is 11.0 Å². The highest BCUT2D eigenvalue weighted by Gasteiger charge is 2.31. The van der Waals surface area contributed by atoms with Gasteiger partial charge in [0.25, 0.3) is 0 Å². The van der Waals surface area contributed by atoms with Crippen LogP contribution in [0, 0.1) is 0 Å². The van der Waals surface area contributed by atoms with E-state index in [2.05, 4.69) is 25.3 Å². The van der Waals surface area contributed by atoms with Crippen molar-refractivity contribution in [3.63, 3.8) is 0 Å². The Hall–Kier alpha value is -2.50. The highest BCUT2D eigenvalue weighted by atomic mass is 35.5. The van der Waals surface area contributed by atoms with Crippen molar-refractivity contribution < 1.29 is 9.53 Å². The van der Waals surface area contributed by atoms with Crippen LogP contribution in [0.4, 0.5) is 4.79 Å². The predicted octanol–water partition coefficient (Wildman–Crippen LogP) is 6.74. The molecular formula is C26H29Cl2N3O2. The van der Waals surface area contributed by atoms with E-state index in [9.17, 15) is 4.79 Å². The number of hydrogen-bond donors (Lipinski definition) is 0. The topological polar surface area (TPSA) is 47.4 Å². The second-order valence-corrected chi connectivity index (χ2v) is 9.83. The number of hydrogen-bond acceptors (Lipinski definition) is 3. The molecule has 1 aromatic heterocycles. The lowest BCUT2D eigenvalue weighted by atomic mass is 9.99. The van der Waals surface area contributed by atoms with Gasteiger partial charge in [0, 0.05) is 47.8 Å². The maximum absolute atomic E-state index is 12.7. The maximum Gasteiger partial charge on any atom is 0.410 e. The molecule has 33 heavy (non-hydrogen) atoms. The molecule has 0 aliphatic carbocycles. The number of benzene rings is 2. The summed E-state index contributed by atoms with van der Waals surface area (Å²) in [6.07, 6.45) is 2.01. The van der Waals surface area contributed by atoms with Crippen LogP contribution in [0.25, 0.3) is 11.4 Å². The van der Waals surface area contributed by atoms with Gasteiger partial charge in [-0.1, -0.05) is 60.5 Å². The number of carbonyl (C=O) groups excluding carboxylic acids is 1. The van der Waals surface area contributed by atoms with E-state index in [-0.39, 0.29) is 18.2 Å². The van der Waals surface area contributed by atoms with Crippen LogP contribution < -0.4 is 0 Å². The molecule has 0 atom stereocenters. The fourth-order valence-electron chi connectivity index (χ4n) is 4.20. The third kappa shape index (κ3) is 5.04. The minimum atomic E-state index is -0.286. The van der Waals surface area contributed by atoms with E-state index in [0.29, 0.717) is 36.0 Å². The van der Waals surface area contributed by atoms with E-state index < -0.39 is 0 Å². The van der Waals surface area contributed by atoms with Crippen molar-refractivity contribution in [3.05, 3.63) is 75.5 Å². The first-order valence-electron chi connectivity index (χ1n) is 11.3. The van der Waals surface area contributed by atoms with Crippen LogP contribution in [0.15, 0.2) is 48.5 Å². The number of aromatic nitrogens is 2. The van der Waals surface area contributed by atoms with Gasteiger partial charge < -0.3 is 14.2 Å². The van der Waals surface area contributed by atoms with Gasteiger partial charge in [-0.05, 0) is 44.0 Å². The smallest absolute Gasteiger partial charge is 0.410 e. The molecule has 7 heteroatoms. The monoisotopic (exact) mass is 485 g/mol. The van der Waals surface area contributed by atoms with Crippen LogP contribution in [0.1, 0.15) is 44.1 Å². The lowest BCUT2D eigenvalue weighted by Crippen LogP contribution is -2.34. The van der Waals surface area contributed by atoms with Gasteiger partial charge in [0.1, 0.15) is 12.4 Å². The summed E-state index contributed by atoms with van der Waals surface area (Å²) in [6, 6.07) is 15.3. The second kappa shape index (κ2) is 9.78. The summed E-state index contributed by atoms with van der Waals surface area (Å²) < 4.78 is 7.87. The molecule has 174 valence electrons. The van der Waals surface area contributed by atoms with E-state index in [0.717, 1.165) is 34.8 Å². The summed E-state index contributed by atoms with van der Waals surface area (Å²) in [5, 5.41) is 1.18. The molecule has 1 aliphatic rings. The maximum atomic E-state index is 12.7. The molecule has 0 unspecified atom stereocenters. The Kier molecular flexibility index (Phi) is 7.01. The molecule has 2 heterocycles. The fourth-order valence-corrected chi connectivity index (χ4v) is 4.70. The number of carbonyl (C=O) groups is 1. The molecule has 0 saturated carbocycles. The van der Waals surface area contributed by atoms with Crippen LogP contribution in [0.2, 0.25) is 10.0 Å². The predicted molar refractivity (Wildman–Crippen MR) is 133 cm³/mol. The van der Waals surface area contributed by atoms with Crippen molar-refractivity contribution in [2.75, 3.05) is 13.1 Å². The van der Waals surface area contributed by atoms with Crippen molar-refractivity contribution in [2.24, 2.45) is 0 Å². The number of fused-ring (bicyclic) bond motifs is 1. The lowest BCUT2D eigenvalue weighted by Gasteiger charge is -2.30. The van der Waals surface area contributed by atoms with Crippen LogP contribution in [0.3, 0.4) is 0 Å². The quantitative estimate of drug-likeness (QED) is 0.401. The Labute approximate surface area is 205 Å². The molecule has 2 aromatic carbocycles. The first-order chi connectivity index (χ1) is 15.8. The summed E-state index contributed by atoms with van der Waals surface area (Å²) in [6.45, 7) is 8.01. The summed E-state index contributed by atoms with van der Waals surface area (Å²) >= 11 is 12.7. The van der Waals surface area contributed by atoms with E-state index >= 15 is 0 Å². The number of imidazole rings is 1. The number of halogens is 2. The van der Waals surface area contributed by atoms with Crippen molar-refractivity contribution in [1.29, 1.82) is 0 Å². The minimum Gasteiger partial charge on any atom is -0.445 e. The first-order valence-corrected chi connectivity index (χ1v) is 12.1. The van der Waals surface area contributed by atoms with Gasteiger partial charge in [-0.15, -0.1) is 0 Å². The number of rotatable bonds is 5. The van der Waals surface area contributed by atoms with Gasteiger partial charge in [-0.2, -0.15) is 0 Å².